The van der Waals surface area contributed by atoms with Crippen LogP contribution in [0.1, 0.15) is 26.7 Å². The van der Waals surface area contributed by atoms with Crippen molar-refractivity contribution in [2.45, 2.75) is 45.1 Å². The summed E-state index contributed by atoms with van der Waals surface area (Å²) in [7, 11) is 0. The molecule has 1 aliphatic carbocycles. The molecule has 0 aromatic heterocycles. The van der Waals surface area contributed by atoms with Crippen LogP contribution < -0.4 is 16.8 Å². The highest BCUT2D eigenvalue weighted by atomic mass is 19.1. The monoisotopic (exact) mass is 243 g/mol. The Labute approximate surface area is 102 Å². The van der Waals surface area contributed by atoms with Crippen LogP contribution in [-0.2, 0) is 4.79 Å². The molecule has 5 N–H and O–H groups in total. The van der Waals surface area contributed by atoms with E-state index in [1.807, 2.05) is 6.08 Å². The lowest BCUT2D eigenvalue weighted by atomic mass is 9.92. The van der Waals surface area contributed by atoms with Gasteiger partial charge in [0.15, 0.2) is 0 Å². The molecule has 0 radical (unpaired) electrons. The van der Waals surface area contributed by atoms with Crippen molar-refractivity contribution < 1.29 is 9.18 Å². The van der Waals surface area contributed by atoms with Gasteiger partial charge in [-0.25, -0.2) is 4.39 Å². The van der Waals surface area contributed by atoms with Gasteiger partial charge in [-0.1, -0.05) is 6.08 Å². The second kappa shape index (κ2) is 6.23. The van der Waals surface area contributed by atoms with Gasteiger partial charge >= 0.3 is 0 Å². The summed E-state index contributed by atoms with van der Waals surface area (Å²) in [6.45, 7) is 3.47. The molecule has 1 aliphatic rings. The van der Waals surface area contributed by atoms with Crippen LogP contribution in [0.2, 0.25) is 0 Å². The molecule has 0 aromatic carbocycles. The first-order valence-electron chi connectivity index (χ1n) is 6.01. The first-order chi connectivity index (χ1) is 7.93. The van der Waals surface area contributed by atoms with Crippen LogP contribution in [0, 0.1) is 5.92 Å². The van der Waals surface area contributed by atoms with Crippen molar-refractivity contribution in [1.29, 1.82) is 0 Å². The summed E-state index contributed by atoms with van der Waals surface area (Å²) >= 11 is 0. The van der Waals surface area contributed by atoms with Crippen LogP contribution in [-0.4, -0.2) is 30.7 Å². The van der Waals surface area contributed by atoms with Crippen molar-refractivity contribution in [3.05, 3.63) is 11.6 Å². The maximum atomic E-state index is 13.6. The van der Waals surface area contributed by atoms with E-state index >= 15 is 0 Å². The highest BCUT2D eigenvalue weighted by Gasteiger charge is 2.27. The van der Waals surface area contributed by atoms with Gasteiger partial charge < -0.3 is 16.8 Å². The Bertz CT molecular complexity index is 304. The molecule has 0 saturated carbocycles. The molecule has 0 heterocycles. The highest BCUT2D eigenvalue weighted by Crippen LogP contribution is 2.23. The Balaban J connectivity index is 2.41. The number of hydrogen-bond acceptors (Lipinski definition) is 4. The molecular weight excluding hydrogens is 221 g/mol. The zero-order valence-corrected chi connectivity index (χ0v) is 10.4. The highest BCUT2D eigenvalue weighted by molar-refractivity contribution is 5.79. The number of halogens is 1. The molecule has 0 aliphatic heterocycles. The molecule has 0 fully saturated rings. The molecule has 3 unspecified atom stereocenters. The normalized spacial score (nSPS) is 20.5. The zero-order valence-electron chi connectivity index (χ0n) is 10.4. The number of rotatable bonds is 7. The summed E-state index contributed by atoms with van der Waals surface area (Å²) < 4.78 is 13.6. The van der Waals surface area contributed by atoms with Gasteiger partial charge in [0.2, 0.25) is 0 Å². The smallest absolute Gasteiger partial charge is 0.137 e. The molecule has 17 heavy (non-hydrogen) atoms. The number of ketones is 1. The minimum Gasteiger partial charge on any atom is -0.315 e. The van der Waals surface area contributed by atoms with E-state index in [0.29, 0.717) is 0 Å². The largest absolute Gasteiger partial charge is 0.315 e. The van der Waals surface area contributed by atoms with Crippen molar-refractivity contribution in [3.63, 3.8) is 0 Å². The second-order valence-corrected chi connectivity index (χ2v) is 4.70. The van der Waals surface area contributed by atoms with Crippen molar-refractivity contribution in [2.75, 3.05) is 6.54 Å². The van der Waals surface area contributed by atoms with E-state index in [1.54, 1.807) is 6.92 Å². The Morgan fingerprint density at radius 3 is 2.53 bits per heavy atom. The minimum atomic E-state index is -0.965. The van der Waals surface area contributed by atoms with Gasteiger partial charge in [-0.15, -0.1) is 0 Å². The fourth-order valence-electron chi connectivity index (χ4n) is 2.10. The van der Waals surface area contributed by atoms with Crippen molar-refractivity contribution in [1.82, 2.24) is 5.32 Å². The number of nitrogens with two attached hydrogens (primary N) is 2. The van der Waals surface area contributed by atoms with Crippen LogP contribution in [0.3, 0.4) is 0 Å². The van der Waals surface area contributed by atoms with E-state index in [-0.39, 0.29) is 18.4 Å². The molecule has 0 aromatic rings. The lowest BCUT2D eigenvalue weighted by Crippen LogP contribution is -2.52. The Morgan fingerprint density at radius 1 is 1.59 bits per heavy atom. The Kier molecular flexibility index (Phi) is 5.24. The van der Waals surface area contributed by atoms with E-state index in [0.717, 1.165) is 18.4 Å². The number of allylic oxidation sites excluding steroid dienone is 1. The van der Waals surface area contributed by atoms with Gasteiger partial charge in [0, 0.05) is 12.6 Å². The van der Waals surface area contributed by atoms with Crippen LogP contribution >= 0.6 is 0 Å². The van der Waals surface area contributed by atoms with Crippen molar-refractivity contribution in [3.8, 4) is 0 Å². The third-order valence-corrected chi connectivity index (χ3v) is 3.28. The van der Waals surface area contributed by atoms with E-state index in [2.05, 4.69) is 5.32 Å². The van der Waals surface area contributed by atoms with Crippen LogP contribution in [0.4, 0.5) is 4.39 Å². The van der Waals surface area contributed by atoms with E-state index in [4.69, 9.17) is 11.5 Å². The number of hydrogen-bond donors (Lipinski definition) is 3. The molecule has 4 nitrogen and oxygen atoms in total. The van der Waals surface area contributed by atoms with E-state index < -0.39 is 18.3 Å². The number of carbonyl (C=O) groups excluding carboxylic acids is 1. The maximum absolute atomic E-state index is 13.6. The lowest BCUT2D eigenvalue weighted by Gasteiger charge is -2.27. The van der Waals surface area contributed by atoms with Gasteiger partial charge in [0.1, 0.15) is 12.0 Å². The molecule has 0 amide bonds. The first-order valence-corrected chi connectivity index (χ1v) is 6.01. The molecule has 0 saturated heterocycles. The number of nitrogens with one attached hydrogen (secondary N) is 1. The van der Waals surface area contributed by atoms with Gasteiger partial charge in [-0.05, 0) is 32.3 Å². The standard InChI is InChI=1S/C12H22FN3O/c1-7(11(8(2)17)12(14)15)16-6-10(13)9-4-3-5-9/h4,7,10-12,16H,3,5-6,14-15H2,1-2H3. The molecule has 3 atom stereocenters. The number of Topliss-reactive ketones (excluding diaryl/α,β-unsaturated/α-hetero) is 1. The summed E-state index contributed by atoms with van der Waals surface area (Å²) in [5.41, 5.74) is 12.0. The lowest BCUT2D eigenvalue weighted by molar-refractivity contribution is -0.122. The minimum absolute atomic E-state index is 0.0710. The molecule has 98 valence electrons. The third kappa shape index (κ3) is 3.87. The predicted octanol–water partition coefficient (Wildman–Crippen LogP) is 0.472. The van der Waals surface area contributed by atoms with Gasteiger partial charge in [-0.3, -0.25) is 4.79 Å². The van der Waals surface area contributed by atoms with Crippen molar-refractivity contribution >= 4 is 5.78 Å². The average Bonchev–Trinajstić information content (AvgIpc) is 2.10. The summed E-state index contributed by atoms with van der Waals surface area (Å²) in [5, 5.41) is 3.00. The molecule has 1 rings (SSSR count). The quantitative estimate of drug-likeness (QED) is 0.448. The summed E-state index contributed by atoms with van der Waals surface area (Å²) in [4.78, 5) is 11.4. The fourth-order valence-corrected chi connectivity index (χ4v) is 2.10. The second-order valence-electron chi connectivity index (χ2n) is 4.70. The third-order valence-electron chi connectivity index (χ3n) is 3.28. The van der Waals surface area contributed by atoms with Crippen LogP contribution in [0.15, 0.2) is 11.6 Å². The van der Waals surface area contributed by atoms with Gasteiger partial charge in [-0.2, -0.15) is 0 Å². The van der Waals surface area contributed by atoms with Gasteiger partial charge in [0.25, 0.3) is 0 Å². The average molecular weight is 243 g/mol. The summed E-state index contributed by atoms with van der Waals surface area (Å²) in [5.74, 6) is -0.546. The summed E-state index contributed by atoms with van der Waals surface area (Å²) in [6, 6.07) is -0.216. The molecule has 0 spiro atoms. The first kappa shape index (κ1) is 14.3. The SMILES string of the molecule is CC(=O)C(C(N)N)C(C)NCC(F)C1=CCC1. The zero-order chi connectivity index (χ0) is 13.0. The molecule has 5 heteroatoms. The number of carbonyl (C=O) groups is 1. The molecular formula is C12H22FN3O. The van der Waals surface area contributed by atoms with E-state index in [9.17, 15) is 9.18 Å². The van der Waals surface area contributed by atoms with Crippen LogP contribution in [0.25, 0.3) is 0 Å². The molecule has 0 bridgehead atoms. The van der Waals surface area contributed by atoms with Crippen LogP contribution in [0.5, 0.6) is 0 Å². The van der Waals surface area contributed by atoms with Gasteiger partial charge in [0.05, 0.1) is 12.1 Å². The van der Waals surface area contributed by atoms with E-state index in [1.165, 1.54) is 6.92 Å². The fraction of sp³-hybridized carbons (Fsp3) is 0.750. The maximum Gasteiger partial charge on any atom is 0.137 e. The number of alkyl halides is 1. The summed E-state index contributed by atoms with van der Waals surface area (Å²) in [6.07, 6.45) is 2.04. The Hall–Kier alpha value is -0.780. The Morgan fingerprint density at radius 2 is 2.18 bits per heavy atom. The topological polar surface area (TPSA) is 81.1 Å². The van der Waals surface area contributed by atoms with Crippen molar-refractivity contribution in [2.24, 2.45) is 17.4 Å². The predicted molar refractivity (Wildman–Crippen MR) is 66.0 cm³/mol.